The van der Waals surface area contributed by atoms with Crippen LogP contribution in [0.5, 0.6) is 0 Å². The summed E-state index contributed by atoms with van der Waals surface area (Å²) in [4.78, 5) is 2.42. The van der Waals surface area contributed by atoms with Crippen LogP contribution in [0.3, 0.4) is 0 Å². The van der Waals surface area contributed by atoms with E-state index in [4.69, 9.17) is 5.26 Å². The molecule has 1 saturated heterocycles. The standard InChI is InChI=1S/C10H17N3/c1-13(9-6-12-7-9)8-10(2-3-10)4-5-11/h9,12H,2-4,6-8H2,1H3. The molecule has 0 aromatic heterocycles. The predicted molar refractivity (Wildman–Crippen MR) is 51.2 cm³/mol. The highest BCUT2D eigenvalue weighted by molar-refractivity contribution is 5.02. The highest BCUT2D eigenvalue weighted by atomic mass is 15.2. The zero-order valence-electron chi connectivity index (χ0n) is 8.21. The highest BCUT2D eigenvalue weighted by Crippen LogP contribution is 2.49. The third kappa shape index (κ3) is 1.84. The van der Waals surface area contributed by atoms with E-state index in [1.807, 2.05) is 0 Å². The zero-order chi connectivity index (χ0) is 9.31. The Bertz CT molecular complexity index is 223. The van der Waals surface area contributed by atoms with Crippen molar-refractivity contribution in [3.8, 4) is 6.07 Å². The molecule has 0 aromatic rings. The van der Waals surface area contributed by atoms with Gasteiger partial charge in [-0.25, -0.2) is 0 Å². The third-order valence-corrected chi connectivity index (χ3v) is 3.38. The molecule has 0 radical (unpaired) electrons. The Morgan fingerprint density at radius 1 is 1.54 bits per heavy atom. The fraction of sp³-hybridized carbons (Fsp3) is 0.900. The summed E-state index contributed by atoms with van der Waals surface area (Å²) in [5.74, 6) is 0. The molecule has 1 N–H and O–H groups in total. The molecule has 2 fully saturated rings. The van der Waals surface area contributed by atoms with E-state index in [2.05, 4.69) is 23.3 Å². The van der Waals surface area contributed by atoms with Gasteiger partial charge in [-0.2, -0.15) is 5.26 Å². The molecule has 0 atom stereocenters. The van der Waals surface area contributed by atoms with Crippen LogP contribution in [0.25, 0.3) is 0 Å². The molecule has 2 rings (SSSR count). The summed E-state index contributed by atoms with van der Waals surface area (Å²) in [7, 11) is 2.18. The maximum Gasteiger partial charge on any atom is 0.0628 e. The molecule has 3 heteroatoms. The molecule has 1 aliphatic carbocycles. The van der Waals surface area contributed by atoms with Crippen LogP contribution in [0, 0.1) is 16.7 Å². The van der Waals surface area contributed by atoms with Crippen molar-refractivity contribution in [2.24, 2.45) is 5.41 Å². The van der Waals surface area contributed by atoms with Crippen LogP contribution in [0.15, 0.2) is 0 Å². The van der Waals surface area contributed by atoms with Gasteiger partial charge < -0.3 is 10.2 Å². The van der Waals surface area contributed by atoms with Crippen LogP contribution in [0.1, 0.15) is 19.3 Å². The van der Waals surface area contributed by atoms with E-state index in [-0.39, 0.29) is 0 Å². The monoisotopic (exact) mass is 179 g/mol. The van der Waals surface area contributed by atoms with Gasteiger partial charge in [-0.15, -0.1) is 0 Å². The minimum absolute atomic E-state index is 0.374. The van der Waals surface area contributed by atoms with E-state index in [1.54, 1.807) is 0 Å². The van der Waals surface area contributed by atoms with E-state index >= 15 is 0 Å². The lowest BCUT2D eigenvalue weighted by molar-refractivity contribution is 0.150. The Hall–Kier alpha value is -0.590. The van der Waals surface area contributed by atoms with Crippen molar-refractivity contribution in [1.29, 1.82) is 5.26 Å². The van der Waals surface area contributed by atoms with E-state index in [1.165, 1.54) is 12.8 Å². The number of hydrogen-bond acceptors (Lipinski definition) is 3. The van der Waals surface area contributed by atoms with Gasteiger partial charge in [0.1, 0.15) is 0 Å². The van der Waals surface area contributed by atoms with Gasteiger partial charge in [0.25, 0.3) is 0 Å². The second kappa shape index (κ2) is 3.28. The molecule has 0 amide bonds. The fourth-order valence-corrected chi connectivity index (χ4v) is 1.98. The number of likely N-dealkylation sites (N-methyl/N-ethyl adjacent to an activating group) is 1. The molecule has 2 aliphatic rings. The predicted octanol–water partition coefficient (Wildman–Crippen LogP) is 0.584. The SMILES string of the molecule is CN(CC1(CC#N)CC1)C1CNC1. The molecule has 1 aliphatic heterocycles. The first-order valence-corrected chi connectivity index (χ1v) is 5.04. The summed E-state index contributed by atoms with van der Waals surface area (Å²) in [6, 6.07) is 3.03. The molecule has 1 heterocycles. The first-order valence-electron chi connectivity index (χ1n) is 5.04. The van der Waals surface area contributed by atoms with Crippen LogP contribution in [0.4, 0.5) is 0 Å². The number of hydrogen-bond donors (Lipinski definition) is 1. The van der Waals surface area contributed by atoms with Gasteiger partial charge in [0.05, 0.1) is 6.07 Å². The molecular weight excluding hydrogens is 162 g/mol. The Labute approximate surface area is 79.7 Å². The van der Waals surface area contributed by atoms with Gasteiger partial charge in [0.2, 0.25) is 0 Å². The normalized spacial score (nSPS) is 25.3. The maximum absolute atomic E-state index is 8.68. The maximum atomic E-state index is 8.68. The third-order valence-electron chi connectivity index (χ3n) is 3.38. The number of nitriles is 1. The van der Waals surface area contributed by atoms with Gasteiger partial charge in [-0.1, -0.05) is 0 Å². The molecular formula is C10H17N3. The first kappa shape index (κ1) is 8.98. The quantitative estimate of drug-likeness (QED) is 0.686. The summed E-state index contributed by atoms with van der Waals surface area (Å²) in [5.41, 5.74) is 0.374. The zero-order valence-corrected chi connectivity index (χ0v) is 8.21. The average Bonchev–Trinajstić information content (AvgIpc) is 2.65. The van der Waals surface area contributed by atoms with Crippen molar-refractivity contribution in [3.05, 3.63) is 0 Å². The van der Waals surface area contributed by atoms with Gasteiger partial charge in [0.15, 0.2) is 0 Å². The van der Waals surface area contributed by atoms with Gasteiger partial charge in [-0.3, -0.25) is 0 Å². The van der Waals surface area contributed by atoms with Crippen molar-refractivity contribution < 1.29 is 0 Å². The van der Waals surface area contributed by atoms with E-state index < -0.39 is 0 Å². The van der Waals surface area contributed by atoms with Crippen molar-refractivity contribution in [3.63, 3.8) is 0 Å². The van der Waals surface area contributed by atoms with E-state index in [9.17, 15) is 0 Å². The summed E-state index contributed by atoms with van der Waals surface area (Å²) in [5, 5.41) is 12.0. The van der Waals surface area contributed by atoms with Crippen molar-refractivity contribution in [2.45, 2.75) is 25.3 Å². The van der Waals surface area contributed by atoms with E-state index in [0.29, 0.717) is 5.41 Å². The van der Waals surface area contributed by atoms with Crippen LogP contribution < -0.4 is 5.32 Å². The molecule has 1 saturated carbocycles. The first-order chi connectivity index (χ1) is 6.26. The molecule has 13 heavy (non-hydrogen) atoms. The smallest absolute Gasteiger partial charge is 0.0628 e. The Morgan fingerprint density at radius 3 is 2.62 bits per heavy atom. The summed E-state index contributed by atoms with van der Waals surface area (Å²) >= 11 is 0. The van der Waals surface area contributed by atoms with Gasteiger partial charge in [0, 0.05) is 32.1 Å². The molecule has 3 nitrogen and oxygen atoms in total. The van der Waals surface area contributed by atoms with E-state index in [0.717, 1.165) is 32.1 Å². The van der Waals surface area contributed by atoms with Crippen molar-refractivity contribution >= 4 is 0 Å². The summed E-state index contributed by atoms with van der Waals surface area (Å²) in [6.45, 7) is 3.37. The lowest BCUT2D eigenvalue weighted by Gasteiger charge is -2.37. The van der Waals surface area contributed by atoms with Crippen molar-refractivity contribution in [2.75, 3.05) is 26.7 Å². The molecule has 0 aromatic carbocycles. The Kier molecular flexibility index (Phi) is 2.27. The lowest BCUT2D eigenvalue weighted by atomic mass is 10.0. The minimum atomic E-state index is 0.374. The van der Waals surface area contributed by atoms with Crippen LogP contribution in [-0.4, -0.2) is 37.6 Å². The molecule has 0 spiro atoms. The average molecular weight is 179 g/mol. The fourth-order valence-electron chi connectivity index (χ4n) is 1.98. The Balaban J connectivity index is 1.79. The molecule has 0 unspecified atom stereocenters. The molecule has 72 valence electrons. The molecule has 0 bridgehead atoms. The number of nitrogens with one attached hydrogen (secondary N) is 1. The highest BCUT2D eigenvalue weighted by Gasteiger charge is 2.44. The minimum Gasteiger partial charge on any atom is -0.314 e. The largest absolute Gasteiger partial charge is 0.314 e. The summed E-state index contributed by atoms with van der Waals surface area (Å²) in [6.07, 6.45) is 3.26. The summed E-state index contributed by atoms with van der Waals surface area (Å²) < 4.78 is 0. The Morgan fingerprint density at radius 2 is 2.23 bits per heavy atom. The second-order valence-corrected chi connectivity index (χ2v) is 4.56. The van der Waals surface area contributed by atoms with Crippen molar-refractivity contribution in [1.82, 2.24) is 10.2 Å². The lowest BCUT2D eigenvalue weighted by Crippen LogP contribution is -2.56. The van der Waals surface area contributed by atoms with Crippen LogP contribution >= 0.6 is 0 Å². The topological polar surface area (TPSA) is 39.1 Å². The number of nitrogens with zero attached hydrogens (tertiary/aromatic N) is 2. The van der Waals surface area contributed by atoms with Gasteiger partial charge >= 0.3 is 0 Å². The number of rotatable bonds is 4. The second-order valence-electron chi connectivity index (χ2n) is 4.56. The van der Waals surface area contributed by atoms with Crippen LogP contribution in [-0.2, 0) is 0 Å². The van der Waals surface area contributed by atoms with Gasteiger partial charge in [-0.05, 0) is 25.3 Å². The van der Waals surface area contributed by atoms with Crippen LogP contribution in [0.2, 0.25) is 0 Å².